The van der Waals surface area contributed by atoms with Crippen molar-refractivity contribution in [3.8, 4) is 0 Å². The molecule has 0 radical (unpaired) electrons. The van der Waals surface area contributed by atoms with Gasteiger partial charge in [-0.3, -0.25) is 9.79 Å². The van der Waals surface area contributed by atoms with E-state index in [0.717, 1.165) is 40.8 Å². The standard InChI is InChI=1S/C15H17N3OS/c1-10-5-11(2)7-12(6-10)17-14(19)8-13-9-20-15-16-3-4-18(13)15/h5-7,9H,3-4,8H2,1-2H3,(H,17,19). The molecule has 1 aromatic carbocycles. The van der Waals surface area contributed by atoms with Crippen LogP contribution in [0.15, 0.2) is 34.3 Å². The molecule has 2 aliphatic heterocycles. The first-order chi connectivity index (χ1) is 9.61. The van der Waals surface area contributed by atoms with Crippen molar-refractivity contribution in [2.24, 2.45) is 4.99 Å². The fraction of sp³-hybridized carbons (Fsp3) is 0.333. The fourth-order valence-electron chi connectivity index (χ4n) is 2.53. The van der Waals surface area contributed by atoms with Crippen molar-refractivity contribution in [3.05, 3.63) is 40.4 Å². The number of anilines is 1. The minimum absolute atomic E-state index is 0.0231. The van der Waals surface area contributed by atoms with Gasteiger partial charge < -0.3 is 10.2 Å². The van der Waals surface area contributed by atoms with E-state index < -0.39 is 0 Å². The molecule has 4 nitrogen and oxygen atoms in total. The summed E-state index contributed by atoms with van der Waals surface area (Å²) in [5.74, 6) is 0.0231. The lowest BCUT2D eigenvalue weighted by molar-refractivity contribution is -0.115. The van der Waals surface area contributed by atoms with Gasteiger partial charge in [0.2, 0.25) is 5.91 Å². The number of fused-ring (bicyclic) bond motifs is 1. The number of nitrogens with zero attached hydrogens (tertiary/aromatic N) is 2. The molecule has 0 unspecified atom stereocenters. The maximum absolute atomic E-state index is 12.2. The number of carbonyl (C=O) groups is 1. The van der Waals surface area contributed by atoms with Gasteiger partial charge in [-0.1, -0.05) is 17.8 Å². The maximum Gasteiger partial charge on any atom is 0.230 e. The van der Waals surface area contributed by atoms with Gasteiger partial charge in [0.05, 0.1) is 13.0 Å². The zero-order valence-corrected chi connectivity index (χ0v) is 12.5. The van der Waals surface area contributed by atoms with E-state index in [2.05, 4.69) is 21.3 Å². The second-order valence-corrected chi connectivity index (χ2v) is 5.98. The molecule has 1 N–H and O–H groups in total. The molecule has 0 fully saturated rings. The van der Waals surface area contributed by atoms with E-state index in [-0.39, 0.29) is 5.91 Å². The Morgan fingerprint density at radius 1 is 1.35 bits per heavy atom. The highest BCUT2D eigenvalue weighted by Gasteiger charge is 2.27. The van der Waals surface area contributed by atoms with Crippen LogP contribution < -0.4 is 5.32 Å². The molecule has 104 valence electrons. The van der Waals surface area contributed by atoms with Crippen LogP contribution in [0.25, 0.3) is 0 Å². The Bertz CT molecular complexity index is 601. The van der Waals surface area contributed by atoms with Crippen molar-refractivity contribution < 1.29 is 4.79 Å². The van der Waals surface area contributed by atoms with E-state index in [0.29, 0.717) is 6.42 Å². The van der Waals surface area contributed by atoms with E-state index in [1.807, 2.05) is 31.4 Å². The zero-order valence-electron chi connectivity index (χ0n) is 11.6. The number of thioether (sulfide) groups is 1. The Morgan fingerprint density at radius 2 is 2.10 bits per heavy atom. The second-order valence-electron chi connectivity index (χ2n) is 5.14. The van der Waals surface area contributed by atoms with Crippen LogP contribution in [0.1, 0.15) is 17.5 Å². The minimum Gasteiger partial charge on any atom is -0.326 e. The monoisotopic (exact) mass is 287 g/mol. The molecule has 5 heteroatoms. The number of benzene rings is 1. The minimum atomic E-state index is 0.0231. The van der Waals surface area contributed by atoms with Gasteiger partial charge in [-0.15, -0.1) is 0 Å². The maximum atomic E-state index is 12.2. The van der Waals surface area contributed by atoms with E-state index in [9.17, 15) is 4.79 Å². The predicted octanol–water partition coefficient (Wildman–Crippen LogP) is 2.89. The second kappa shape index (κ2) is 5.32. The molecule has 0 spiro atoms. The van der Waals surface area contributed by atoms with Crippen LogP contribution in [0.4, 0.5) is 5.69 Å². The van der Waals surface area contributed by atoms with Gasteiger partial charge >= 0.3 is 0 Å². The third-order valence-electron chi connectivity index (χ3n) is 3.30. The van der Waals surface area contributed by atoms with Gasteiger partial charge in [0.1, 0.15) is 0 Å². The van der Waals surface area contributed by atoms with Crippen LogP contribution in [0.5, 0.6) is 0 Å². The summed E-state index contributed by atoms with van der Waals surface area (Å²) in [5, 5.41) is 6.03. The molecule has 0 saturated heterocycles. The van der Waals surface area contributed by atoms with Crippen molar-refractivity contribution >= 4 is 28.5 Å². The predicted molar refractivity (Wildman–Crippen MR) is 83.8 cm³/mol. The molecule has 20 heavy (non-hydrogen) atoms. The number of amides is 1. The van der Waals surface area contributed by atoms with Crippen LogP contribution >= 0.6 is 11.8 Å². The summed E-state index contributed by atoms with van der Waals surface area (Å²) in [6, 6.07) is 6.08. The van der Waals surface area contributed by atoms with E-state index in [4.69, 9.17) is 0 Å². The highest BCUT2D eigenvalue weighted by Crippen LogP contribution is 2.31. The summed E-state index contributed by atoms with van der Waals surface area (Å²) >= 11 is 1.61. The van der Waals surface area contributed by atoms with Crippen molar-refractivity contribution in [2.45, 2.75) is 20.3 Å². The molecule has 2 heterocycles. The van der Waals surface area contributed by atoms with Crippen molar-refractivity contribution in [1.82, 2.24) is 4.90 Å². The molecular formula is C15H17N3OS. The van der Waals surface area contributed by atoms with Crippen LogP contribution in [-0.4, -0.2) is 29.1 Å². The van der Waals surface area contributed by atoms with Crippen LogP contribution in [0.2, 0.25) is 0 Å². The number of rotatable bonds is 3. The lowest BCUT2D eigenvalue weighted by Gasteiger charge is -2.16. The smallest absolute Gasteiger partial charge is 0.230 e. The third-order valence-corrected chi connectivity index (χ3v) is 4.25. The quantitative estimate of drug-likeness (QED) is 0.929. The first kappa shape index (κ1) is 13.2. The summed E-state index contributed by atoms with van der Waals surface area (Å²) in [7, 11) is 0. The normalized spacial score (nSPS) is 16.8. The van der Waals surface area contributed by atoms with E-state index >= 15 is 0 Å². The average molecular weight is 287 g/mol. The first-order valence-corrected chi connectivity index (χ1v) is 7.55. The van der Waals surface area contributed by atoms with Gasteiger partial charge in [0.25, 0.3) is 0 Å². The van der Waals surface area contributed by atoms with Gasteiger partial charge in [0, 0.05) is 17.9 Å². The highest BCUT2D eigenvalue weighted by molar-refractivity contribution is 8.16. The van der Waals surface area contributed by atoms with Crippen molar-refractivity contribution in [2.75, 3.05) is 18.4 Å². The number of aliphatic imine (C=N–C) groups is 1. The van der Waals surface area contributed by atoms with Crippen molar-refractivity contribution in [1.29, 1.82) is 0 Å². The molecule has 0 bridgehead atoms. The zero-order chi connectivity index (χ0) is 14.1. The third kappa shape index (κ3) is 2.72. The summed E-state index contributed by atoms with van der Waals surface area (Å²) in [6.45, 7) is 5.79. The van der Waals surface area contributed by atoms with E-state index in [1.165, 1.54) is 0 Å². The molecule has 1 aromatic rings. The van der Waals surface area contributed by atoms with Crippen LogP contribution in [0, 0.1) is 13.8 Å². The van der Waals surface area contributed by atoms with E-state index in [1.54, 1.807) is 11.8 Å². The number of nitrogens with one attached hydrogen (secondary N) is 1. The summed E-state index contributed by atoms with van der Waals surface area (Å²) < 4.78 is 0. The number of hydrogen-bond donors (Lipinski definition) is 1. The van der Waals surface area contributed by atoms with Gasteiger partial charge in [-0.25, -0.2) is 0 Å². The molecule has 0 atom stereocenters. The molecule has 0 aliphatic carbocycles. The Hall–Kier alpha value is -1.75. The summed E-state index contributed by atoms with van der Waals surface area (Å²) in [6.07, 6.45) is 0.402. The molecule has 3 rings (SSSR count). The van der Waals surface area contributed by atoms with Crippen LogP contribution in [-0.2, 0) is 4.79 Å². The van der Waals surface area contributed by atoms with Gasteiger partial charge in [-0.2, -0.15) is 0 Å². The first-order valence-electron chi connectivity index (χ1n) is 6.68. The highest BCUT2D eigenvalue weighted by atomic mass is 32.2. The van der Waals surface area contributed by atoms with Gasteiger partial charge in [0.15, 0.2) is 5.17 Å². The topological polar surface area (TPSA) is 44.7 Å². The fourth-order valence-corrected chi connectivity index (χ4v) is 3.49. The number of amidine groups is 1. The molecule has 2 aliphatic rings. The number of carbonyl (C=O) groups excluding carboxylic acids is 1. The molecule has 1 amide bonds. The Balaban J connectivity index is 1.64. The Morgan fingerprint density at radius 3 is 2.85 bits per heavy atom. The van der Waals surface area contributed by atoms with Gasteiger partial charge in [-0.05, 0) is 42.5 Å². The number of aryl methyl sites for hydroxylation is 2. The summed E-state index contributed by atoms with van der Waals surface area (Å²) in [5.41, 5.74) is 4.23. The molecule has 0 aromatic heterocycles. The Kier molecular flexibility index (Phi) is 3.53. The number of hydrogen-bond acceptors (Lipinski definition) is 4. The SMILES string of the molecule is Cc1cc(C)cc(NC(=O)CC2=CSC3=NCCN23)c1. The summed E-state index contributed by atoms with van der Waals surface area (Å²) in [4.78, 5) is 18.7. The Labute approximate surface area is 123 Å². The molecular weight excluding hydrogens is 270 g/mol. The largest absolute Gasteiger partial charge is 0.326 e. The van der Waals surface area contributed by atoms with Crippen LogP contribution in [0.3, 0.4) is 0 Å². The van der Waals surface area contributed by atoms with Crippen molar-refractivity contribution in [3.63, 3.8) is 0 Å². The lowest BCUT2D eigenvalue weighted by atomic mass is 10.1. The molecule has 0 saturated carbocycles. The average Bonchev–Trinajstić information content (AvgIpc) is 2.92. The lowest BCUT2D eigenvalue weighted by Crippen LogP contribution is -2.24.